The van der Waals surface area contributed by atoms with Crippen LogP contribution >= 0.6 is 11.3 Å². The molecule has 2 aromatic rings. The highest BCUT2D eigenvalue weighted by molar-refractivity contribution is 7.09. The van der Waals surface area contributed by atoms with E-state index in [0.29, 0.717) is 23.4 Å². The maximum absolute atomic E-state index is 12.8. The lowest BCUT2D eigenvalue weighted by atomic mass is 9.99. The second-order valence-corrected chi connectivity index (χ2v) is 8.05. The molecule has 4 rings (SSSR count). The maximum Gasteiger partial charge on any atom is 0.262 e. The van der Waals surface area contributed by atoms with Gasteiger partial charge in [0.15, 0.2) is 0 Å². The van der Waals surface area contributed by atoms with Gasteiger partial charge in [-0.15, -0.1) is 11.3 Å². The van der Waals surface area contributed by atoms with E-state index in [-0.39, 0.29) is 17.9 Å². The van der Waals surface area contributed by atoms with Crippen molar-refractivity contribution in [3.63, 3.8) is 0 Å². The number of carbonyl (C=O) groups is 2. The lowest BCUT2D eigenvalue weighted by molar-refractivity contribution is 0.0463. The van der Waals surface area contributed by atoms with Crippen LogP contribution in [0, 0.1) is 0 Å². The van der Waals surface area contributed by atoms with E-state index in [9.17, 15) is 9.59 Å². The van der Waals surface area contributed by atoms with Crippen molar-refractivity contribution in [2.24, 2.45) is 0 Å². The third-order valence-electron chi connectivity index (χ3n) is 4.99. The van der Waals surface area contributed by atoms with Gasteiger partial charge in [-0.3, -0.25) is 14.5 Å². The standard InChI is InChI=1S/C19H21N3O3S/c1-19(2,22-17(23)13-5-3-4-6-14(13)18(22)24)15-11-26-16(21-15)10-25-12-7-8-20-9-12/h3-6,11-12,20H,7-10H2,1-2H3. The van der Waals surface area contributed by atoms with Crippen LogP contribution in [0.4, 0.5) is 0 Å². The number of hydrogen-bond acceptors (Lipinski definition) is 6. The summed E-state index contributed by atoms with van der Waals surface area (Å²) >= 11 is 1.50. The molecule has 7 heteroatoms. The number of rotatable bonds is 5. The minimum Gasteiger partial charge on any atom is -0.370 e. The summed E-state index contributed by atoms with van der Waals surface area (Å²) < 4.78 is 5.87. The number of nitrogens with zero attached hydrogens (tertiary/aromatic N) is 2. The van der Waals surface area contributed by atoms with Gasteiger partial charge < -0.3 is 10.1 Å². The fraction of sp³-hybridized carbons (Fsp3) is 0.421. The highest BCUT2D eigenvalue weighted by Gasteiger charge is 2.45. The van der Waals surface area contributed by atoms with Crippen LogP contribution in [0.1, 0.15) is 51.7 Å². The third kappa shape index (κ3) is 2.86. The number of hydrogen-bond donors (Lipinski definition) is 1. The van der Waals surface area contributed by atoms with Gasteiger partial charge in [-0.1, -0.05) is 12.1 Å². The van der Waals surface area contributed by atoms with Crippen molar-refractivity contribution in [3.05, 3.63) is 51.5 Å². The monoisotopic (exact) mass is 371 g/mol. The maximum atomic E-state index is 12.8. The van der Waals surface area contributed by atoms with E-state index in [1.54, 1.807) is 24.3 Å². The van der Waals surface area contributed by atoms with Crippen LogP contribution in [0.15, 0.2) is 29.6 Å². The number of imide groups is 1. The van der Waals surface area contributed by atoms with Crippen LogP contribution in [0.5, 0.6) is 0 Å². The first-order valence-corrected chi connectivity index (χ1v) is 9.61. The molecule has 6 nitrogen and oxygen atoms in total. The van der Waals surface area contributed by atoms with Crippen molar-refractivity contribution in [2.45, 2.75) is 38.5 Å². The first-order chi connectivity index (χ1) is 12.5. The van der Waals surface area contributed by atoms with Gasteiger partial charge in [0, 0.05) is 11.9 Å². The predicted molar refractivity (Wildman–Crippen MR) is 98.1 cm³/mol. The van der Waals surface area contributed by atoms with E-state index in [0.717, 1.165) is 24.5 Å². The molecular formula is C19H21N3O3S. The molecule has 2 aliphatic rings. The molecule has 0 spiro atoms. The highest BCUT2D eigenvalue weighted by Crippen LogP contribution is 2.36. The highest BCUT2D eigenvalue weighted by atomic mass is 32.1. The molecule has 0 bridgehead atoms. The molecule has 136 valence electrons. The van der Waals surface area contributed by atoms with E-state index >= 15 is 0 Å². The van der Waals surface area contributed by atoms with Gasteiger partial charge in [0.1, 0.15) is 5.01 Å². The molecule has 1 aromatic heterocycles. The van der Waals surface area contributed by atoms with Crippen molar-refractivity contribution in [1.82, 2.24) is 15.2 Å². The molecule has 1 unspecified atom stereocenters. The average Bonchev–Trinajstić information content (AvgIpc) is 3.35. The number of ether oxygens (including phenoxy) is 1. The number of amides is 2. The predicted octanol–water partition coefficient (Wildman–Crippen LogP) is 2.55. The van der Waals surface area contributed by atoms with Crippen LogP contribution in [-0.2, 0) is 16.9 Å². The zero-order valence-corrected chi connectivity index (χ0v) is 15.6. The van der Waals surface area contributed by atoms with Crippen LogP contribution in [0.3, 0.4) is 0 Å². The molecule has 1 N–H and O–H groups in total. The number of aromatic nitrogens is 1. The SMILES string of the molecule is CC(C)(c1csc(COC2CCNC2)n1)N1C(=O)c2ccccc2C1=O. The molecule has 0 aliphatic carbocycles. The minimum atomic E-state index is -0.823. The van der Waals surface area contributed by atoms with Gasteiger partial charge in [-0.25, -0.2) is 4.98 Å². The van der Waals surface area contributed by atoms with Gasteiger partial charge in [-0.05, 0) is 38.9 Å². The van der Waals surface area contributed by atoms with E-state index in [1.165, 1.54) is 16.2 Å². The summed E-state index contributed by atoms with van der Waals surface area (Å²) in [7, 11) is 0. The smallest absolute Gasteiger partial charge is 0.262 e. The van der Waals surface area contributed by atoms with Crippen LogP contribution in [0.25, 0.3) is 0 Å². The molecular weight excluding hydrogens is 350 g/mol. The van der Waals surface area contributed by atoms with Gasteiger partial charge in [0.2, 0.25) is 0 Å². The van der Waals surface area contributed by atoms with Crippen molar-refractivity contribution in [2.75, 3.05) is 13.1 Å². The Labute approximate surface area is 156 Å². The first kappa shape index (κ1) is 17.3. The van der Waals surface area contributed by atoms with E-state index in [4.69, 9.17) is 4.74 Å². The second-order valence-electron chi connectivity index (χ2n) is 7.10. The van der Waals surface area contributed by atoms with Crippen molar-refractivity contribution in [1.29, 1.82) is 0 Å². The number of nitrogens with one attached hydrogen (secondary N) is 1. The van der Waals surface area contributed by atoms with E-state index < -0.39 is 5.54 Å². The molecule has 2 amide bonds. The van der Waals surface area contributed by atoms with Crippen LogP contribution in [0.2, 0.25) is 0 Å². The van der Waals surface area contributed by atoms with Gasteiger partial charge in [0.05, 0.1) is 35.1 Å². The lowest BCUT2D eigenvalue weighted by Gasteiger charge is -2.32. The quantitative estimate of drug-likeness (QED) is 0.818. The van der Waals surface area contributed by atoms with Crippen molar-refractivity contribution >= 4 is 23.2 Å². The first-order valence-electron chi connectivity index (χ1n) is 8.73. The van der Waals surface area contributed by atoms with Gasteiger partial charge >= 0.3 is 0 Å². The summed E-state index contributed by atoms with van der Waals surface area (Å²) in [6.07, 6.45) is 1.24. The molecule has 0 saturated carbocycles. The van der Waals surface area contributed by atoms with Crippen molar-refractivity contribution < 1.29 is 14.3 Å². The Morgan fingerprint density at radius 2 is 1.96 bits per heavy atom. The molecule has 3 heterocycles. The Hall–Kier alpha value is -2.09. The Balaban J connectivity index is 1.54. The van der Waals surface area contributed by atoms with Gasteiger partial charge in [-0.2, -0.15) is 0 Å². The molecule has 1 fully saturated rings. The normalized spacial score (nSPS) is 20.1. The zero-order chi connectivity index (χ0) is 18.3. The summed E-state index contributed by atoms with van der Waals surface area (Å²) in [6, 6.07) is 6.94. The lowest BCUT2D eigenvalue weighted by Crippen LogP contribution is -2.45. The van der Waals surface area contributed by atoms with E-state index in [1.807, 2.05) is 19.2 Å². The minimum absolute atomic E-state index is 0.228. The van der Waals surface area contributed by atoms with Crippen LogP contribution in [-0.4, -0.2) is 40.9 Å². The Kier molecular flexibility index (Phi) is 4.38. The molecule has 0 radical (unpaired) electrons. The number of thiazole rings is 1. The van der Waals surface area contributed by atoms with Crippen molar-refractivity contribution in [3.8, 4) is 0 Å². The zero-order valence-electron chi connectivity index (χ0n) is 14.8. The number of benzene rings is 1. The summed E-state index contributed by atoms with van der Waals surface area (Å²) in [5.74, 6) is -0.531. The third-order valence-corrected chi connectivity index (χ3v) is 5.81. The second kappa shape index (κ2) is 6.57. The topological polar surface area (TPSA) is 71.5 Å². The van der Waals surface area contributed by atoms with Gasteiger partial charge in [0.25, 0.3) is 11.8 Å². The summed E-state index contributed by atoms with van der Waals surface area (Å²) in [5, 5.41) is 6.04. The van der Waals surface area contributed by atoms with Crippen LogP contribution < -0.4 is 5.32 Å². The fourth-order valence-electron chi connectivity index (χ4n) is 3.43. The summed E-state index contributed by atoms with van der Waals surface area (Å²) in [4.78, 5) is 31.5. The Bertz CT molecular complexity index is 820. The molecule has 26 heavy (non-hydrogen) atoms. The summed E-state index contributed by atoms with van der Waals surface area (Å²) in [5.41, 5.74) is 0.799. The molecule has 1 atom stereocenters. The molecule has 1 saturated heterocycles. The molecule has 1 aromatic carbocycles. The van der Waals surface area contributed by atoms with E-state index in [2.05, 4.69) is 10.3 Å². The largest absolute Gasteiger partial charge is 0.370 e. The Morgan fingerprint density at radius 1 is 1.27 bits per heavy atom. The number of carbonyl (C=O) groups excluding carboxylic acids is 2. The average molecular weight is 371 g/mol. The number of fused-ring (bicyclic) bond motifs is 1. The molecule has 2 aliphatic heterocycles. The Morgan fingerprint density at radius 3 is 2.58 bits per heavy atom. The summed E-state index contributed by atoms with van der Waals surface area (Å²) in [6.45, 7) is 6.03. The fourth-order valence-corrected chi connectivity index (χ4v) is 4.31.